The zero-order valence-corrected chi connectivity index (χ0v) is 11.3. The molecule has 1 aliphatic heterocycles. The highest BCUT2D eigenvalue weighted by atomic mass is 16.2. The highest BCUT2D eigenvalue weighted by Crippen LogP contribution is 2.23. The minimum atomic E-state index is 0.0314. The van der Waals surface area contributed by atoms with Gasteiger partial charge in [-0.2, -0.15) is 0 Å². The molecule has 1 amide bonds. The molecule has 0 aromatic rings. The molecule has 1 rings (SSSR count). The van der Waals surface area contributed by atoms with Crippen LogP contribution >= 0.6 is 0 Å². The summed E-state index contributed by atoms with van der Waals surface area (Å²) in [6.45, 7) is 10.7. The van der Waals surface area contributed by atoms with Crippen molar-refractivity contribution in [1.82, 2.24) is 10.2 Å². The summed E-state index contributed by atoms with van der Waals surface area (Å²) in [6, 6.07) is 0.378. The van der Waals surface area contributed by atoms with Crippen LogP contribution in [0.15, 0.2) is 0 Å². The van der Waals surface area contributed by atoms with Crippen LogP contribution in [0.4, 0.5) is 0 Å². The van der Waals surface area contributed by atoms with Crippen molar-refractivity contribution < 1.29 is 4.79 Å². The van der Waals surface area contributed by atoms with Crippen molar-refractivity contribution in [2.45, 2.75) is 72.1 Å². The van der Waals surface area contributed by atoms with Crippen LogP contribution in [0.1, 0.15) is 53.9 Å². The average Bonchev–Trinajstić information content (AvgIpc) is 2.64. The number of hydrogen-bond donors (Lipinski definition) is 1. The molecular formula is C13H26N2O. The minimum absolute atomic E-state index is 0.0314. The third kappa shape index (κ3) is 2.40. The van der Waals surface area contributed by atoms with Crippen LogP contribution in [0.3, 0.4) is 0 Å². The second-order valence-electron chi connectivity index (χ2n) is 4.96. The van der Waals surface area contributed by atoms with Gasteiger partial charge in [0, 0.05) is 6.04 Å². The second-order valence-corrected chi connectivity index (χ2v) is 4.96. The van der Waals surface area contributed by atoms with Gasteiger partial charge in [0.25, 0.3) is 0 Å². The van der Waals surface area contributed by atoms with Crippen LogP contribution in [0.5, 0.6) is 0 Å². The number of hydrogen-bond acceptors (Lipinski definition) is 2. The maximum Gasteiger partial charge on any atom is 0.241 e. The molecule has 1 saturated heterocycles. The monoisotopic (exact) mass is 226 g/mol. The van der Waals surface area contributed by atoms with E-state index in [0.29, 0.717) is 17.9 Å². The summed E-state index contributed by atoms with van der Waals surface area (Å²) in [4.78, 5) is 14.4. The van der Waals surface area contributed by atoms with Gasteiger partial charge < -0.3 is 4.90 Å². The maximum absolute atomic E-state index is 12.3. The molecule has 3 nitrogen and oxygen atoms in total. The number of carbonyl (C=O) groups is 1. The SMILES string of the molecule is CCC(C)C1NC(CC)N(C(C)CC)C1=O. The number of rotatable bonds is 5. The van der Waals surface area contributed by atoms with E-state index in [0.717, 1.165) is 19.3 Å². The third-order valence-electron chi connectivity index (χ3n) is 3.89. The first-order valence-electron chi connectivity index (χ1n) is 6.64. The summed E-state index contributed by atoms with van der Waals surface area (Å²) in [6.07, 6.45) is 3.30. The molecule has 0 aliphatic carbocycles. The molecule has 1 heterocycles. The van der Waals surface area contributed by atoms with Gasteiger partial charge in [-0.3, -0.25) is 10.1 Å². The van der Waals surface area contributed by atoms with Crippen molar-refractivity contribution in [2.75, 3.05) is 0 Å². The van der Waals surface area contributed by atoms with Gasteiger partial charge >= 0.3 is 0 Å². The molecule has 1 N–H and O–H groups in total. The van der Waals surface area contributed by atoms with Crippen LogP contribution in [-0.4, -0.2) is 29.1 Å². The number of nitrogens with one attached hydrogen (secondary N) is 1. The van der Waals surface area contributed by atoms with E-state index in [-0.39, 0.29) is 12.2 Å². The quantitative estimate of drug-likeness (QED) is 0.780. The molecule has 3 heteroatoms. The zero-order chi connectivity index (χ0) is 12.3. The molecule has 1 aliphatic rings. The van der Waals surface area contributed by atoms with Crippen molar-refractivity contribution in [1.29, 1.82) is 0 Å². The van der Waals surface area contributed by atoms with Crippen LogP contribution in [0, 0.1) is 5.92 Å². The molecule has 0 radical (unpaired) electrons. The number of amides is 1. The van der Waals surface area contributed by atoms with Gasteiger partial charge in [0.2, 0.25) is 5.91 Å². The number of carbonyl (C=O) groups excluding carboxylic acids is 1. The first-order chi connectivity index (χ1) is 7.56. The predicted molar refractivity (Wildman–Crippen MR) is 67.1 cm³/mol. The Morgan fingerprint density at radius 2 is 1.88 bits per heavy atom. The lowest BCUT2D eigenvalue weighted by molar-refractivity contribution is -0.132. The maximum atomic E-state index is 12.3. The highest BCUT2D eigenvalue weighted by molar-refractivity contribution is 5.84. The third-order valence-corrected chi connectivity index (χ3v) is 3.89. The van der Waals surface area contributed by atoms with E-state index in [4.69, 9.17) is 0 Å². The Morgan fingerprint density at radius 3 is 2.31 bits per heavy atom. The normalized spacial score (nSPS) is 29.6. The lowest BCUT2D eigenvalue weighted by Gasteiger charge is -2.29. The zero-order valence-electron chi connectivity index (χ0n) is 11.3. The molecule has 0 spiro atoms. The van der Waals surface area contributed by atoms with E-state index in [1.807, 2.05) is 0 Å². The molecule has 94 valence electrons. The van der Waals surface area contributed by atoms with Gasteiger partial charge in [-0.1, -0.05) is 34.1 Å². The van der Waals surface area contributed by atoms with E-state index in [2.05, 4.69) is 44.8 Å². The van der Waals surface area contributed by atoms with Gasteiger partial charge in [0.1, 0.15) is 0 Å². The van der Waals surface area contributed by atoms with Crippen molar-refractivity contribution in [2.24, 2.45) is 5.92 Å². The van der Waals surface area contributed by atoms with Gasteiger partial charge in [-0.25, -0.2) is 0 Å². The van der Waals surface area contributed by atoms with Crippen molar-refractivity contribution >= 4 is 5.91 Å². The van der Waals surface area contributed by atoms with Gasteiger partial charge in [0.15, 0.2) is 0 Å². The Bertz CT molecular complexity index is 242. The van der Waals surface area contributed by atoms with E-state index in [9.17, 15) is 4.79 Å². The molecule has 0 saturated carbocycles. The fourth-order valence-corrected chi connectivity index (χ4v) is 2.35. The first kappa shape index (κ1) is 13.5. The molecule has 4 atom stereocenters. The molecular weight excluding hydrogens is 200 g/mol. The molecule has 16 heavy (non-hydrogen) atoms. The summed E-state index contributed by atoms with van der Waals surface area (Å²) in [5.74, 6) is 0.728. The van der Waals surface area contributed by atoms with E-state index in [1.54, 1.807) is 0 Å². The Hall–Kier alpha value is -0.570. The average molecular weight is 226 g/mol. The van der Waals surface area contributed by atoms with Gasteiger partial charge in [0.05, 0.1) is 12.2 Å². The molecule has 1 fully saturated rings. The van der Waals surface area contributed by atoms with Gasteiger partial charge in [-0.05, 0) is 25.7 Å². The molecule has 0 aromatic carbocycles. The summed E-state index contributed by atoms with van der Waals surface area (Å²) in [5.41, 5.74) is 0. The van der Waals surface area contributed by atoms with E-state index in [1.165, 1.54) is 0 Å². The largest absolute Gasteiger partial charge is 0.323 e. The summed E-state index contributed by atoms with van der Waals surface area (Å²) in [7, 11) is 0. The first-order valence-corrected chi connectivity index (χ1v) is 6.64. The fourth-order valence-electron chi connectivity index (χ4n) is 2.35. The van der Waals surface area contributed by atoms with Crippen molar-refractivity contribution in [3.8, 4) is 0 Å². The van der Waals surface area contributed by atoms with Crippen LogP contribution in [0.2, 0.25) is 0 Å². The summed E-state index contributed by atoms with van der Waals surface area (Å²) < 4.78 is 0. The summed E-state index contributed by atoms with van der Waals surface area (Å²) >= 11 is 0. The fraction of sp³-hybridized carbons (Fsp3) is 0.923. The van der Waals surface area contributed by atoms with E-state index >= 15 is 0 Å². The Morgan fingerprint density at radius 1 is 1.25 bits per heavy atom. The smallest absolute Gasteiger partial charge is 0.241 e. The van der Waals surface area contributed by atoms with Gasteiger partial charge in [-0.15, -0.1) is 0 Å². The van der Waals surface area contributed by atoms with Crippen molar-refractivity contribution in [3.05, 3.63) is 0 Å². The Labute approximate surface area is 99.6 Å². The van der Waals surface area contributed by atoms with Crippen LogP contribution < -0.4 is 5.32 Å². The molecule has 4 unspecified atom stereocenters. The molecule has 0 bridgehead atoms. The van der Waals surface area contributed by atoms with Crippen LogP contribution in [-0.2, 0) is 4.79 Å². The molecule has 0 aromatic heterocycles. The Balaban J connectivity index is 2.80. The van der Waals surface area contributed by atoms with Crippen molar-refractivity contribution in [3.63, 3.8) is 0 Å². The lowest BCUT2D eigenvalue weighted by atomic mass is 9.99. The summed E-state index contributed by atoms with van der Waals surface area (Å²) in [5, 5.41) is 3.48. The number of nitrogens with zero attached hydrogens (tertiary/aromatic N) is 1. The van der Waals surface area contributed by atoms with E-state index < -0.39 is 0 Å². The lowest BCUT2D eigenvalue weighted by Crippen LogP contribution is -2.42. The van der Waals surface area contributed by atoms with Crippen LogP contribution in [0.25, 0.3) is 0 Å². The predicted octanol–water partition coefficient (Wildman–Crippen LogP) is 2.37. The topological polar surface area (TPSA) is 32.3 Å². The minimum Gasteiger partial charge on any atom is -0.323 e. The Kier molecular flexibility index (Phi) is 4.78. The standard InChI is InChI=1S/C13H26N2O/c1-6-9(4)12-13(16)15(10(5)7-2)11(8-3)14-12/h9-12,14H,6-8H2,1-5H3. The highest BCUT2D eigenvalue weighted by Gasteiger charge is 2.41. The second kappa shape index (κ2) is 5.67.